The van der Waals surface area contributed by atoms with Crippen molar-refractivity contribution in [3.63, 3.8) is 0 Å². The first-order valence-corrected chi connectivity index (χ1v) is 11.0. The summed E-state index contributed by atoms with van der Waals surface area (Å²) >= 11 is 0. The Balaban J connectivity index is 1.47. The van der Waals surface area contributed by atoms with Crippen LogP contribution in [0.25, 0.3) is 0 Å². The van der Waals surface area contributed by atoms with Crippen LogP contribution in [0.15, 0.2) is 91.0 Å². The third-order valence-corrected chi connectivity index (χ3v) is 5.17. The van der Waals surface area contributed by atoms with Gasteiger partial charge in [0, 0.05) is 13.1 Å². The predicted molar refractivity (Wildman–Crippen MR) is 126 cm³/mol. The molecular weight excluding hydrogens is 400 g/mol. The van der Waals surface area contributed by atoms with Crippen LogP contribution in [0.4, 0.5) is 4.79 Å². The lowest BCUT2D eigenvalue weighted by molar-refractivity contribution is -0.109. The van der Waals surface area contributed by atoms with E-state index in [2.05, 4.69) is 34.5 Å². The van der Waals surface area contributed by atoms with Crippen molar-refractivity contribution in [2.45, 2.75) is 38.6 Å². The minimum absolute atomic E-state index is 0.181. The van der Waals surface area contributed by atoms with Crippen LogP contribution in [-0.2, 0) is 29.2 Å². The van der Waals surface area contributed by atoms with Crippen LogP contribution in [0, 0.1) is 0 Å². The molecule has 0 radical (unpaired) electrons. The highest BCUT2D eigenvalue weighted by Crippen LogP contribution is 2.12. The number of alkyl carbamates (subject to hydrolysis) is 1. The molecule has 5 heteroatoms. The number of hydrogen-bond acceptors (Lipinski definition) is 4. The van der Waals surface area contributed by atoms with E-state index in [1.54, 1.807) is 0 Å². The van der Waals surface area contributed by atoms with Crippen LogP contribution in [0.3, 0.4) is 0 Å². The Bertz CT molecular complexity index is 891. The summed E-state index contributed by atoms with van der Waals surface area (Å²) in [7, 11) is 0. The molecule has 166 valence electrons. The van der Waals surface area contributed by atoms with Crippen molar-refractivity contribution < 1.29 is 14.3 Å². The van der Waals surface area contributed by atoms with Crippen LogP contribution in [0.1, 0.15) is 29.5 Å². The molecule has 1 amide bonds. The number of rotatable bonds is 12. The van der Waals surface area contributed by atoms with Crippen molar-refractivity contribution in [2.75, 3.05) is 6.54 Å². The zero-order chi connectivity index (χ0) is 22.4. The molecule has 3 aromatic carbocycles. The van der Waals surface area contributed by atoms with Gasteiger partial charge in [0.1, 0.15) is 12.9 Å². The summed E-state index contributed by atoms with van der Waals surface area (Å²) in [4.78, 5) is 25.9. The second-order valence-corrected chi connectivity index (χ2v) is 7.77. The quantitative estimate of drug-likeness (QED) is 0.413. The Morgan fingerprint density at radius 2 is 1.31 bits per heavy atom. The van der Waals surface area contributed by atoms with Crippen LogP contribution in [0.5, 0.6) is 0 Å². The highest BCUT2D eigenvalue weighted by Gasteiger charge is 2.14. The molecule has 3 rings (SSSR count). The van der Waals surface area contributed by atoms with E-state index in [1.165, 1.54) is 11.1 Å². The van der Waals surface area contributed by atoms with Gasteiger partial charge in [0.15, 0.2) is 0 Å². The first kappa shape index (κ1) is 23.2. The third kappa shape index (κ3) is 8.36. The smallest absolute Gasteiger partial charge is 0.408 e. The summed E-state index contributed by atoms with van der Waals surface area (Å²) in [6.07, 6.45) is 1.55. The van der Waals surface area contributed by atoms with Gasteiger partial charge in [-0.25, -0.2) is 4.79 Å². The monoisotopic (exact) mass is 430 g/mol. The zero-order valence-electron chi connectivity index (χ0n) is 18.2. The van der Waals surface area contributed by atoms with E-state index in [0.717, 1.165) is 37.9 Å². The Hall–Kier alpha value is -3.44. The van der Waals surface area contributed by atoms with Gasteiger partial charge in [0.05, 0.1) is 6.04 Å². The highest BCUT2D eigenvalue weighted by molar-refractivity contribution is 5.73. The summed E-state index contributed by atoms with van der Waals surface area (Å²) in [5, 5.41) is 2.66. The molecule has 0 unspecified atom stereocenters. The molecule has 0 spiro atoms. The van der Waals surface area contributed by atoms with Crippen molar-refractivity contribution in [3.05, 3.63) is 108 Å². The fraction of sp³-hybridized carbons (Fsp3) is 0.259. The van der Waals surface area contributed by atoms with E-state index < -0.39 is 12.1 Å². The molecule has 0 saturated carbocycles. The Kier molecular flexibility index (Phi) is 9.49. The summed E-state index contributed by atoms with van der Waals surface area (Å²) in [5.74, 6) is 0. The van der Waals surface area contributed by atoms with Crippen LogP contribution < -0.4 is 5.32 Å². The molecule has 0 bridgehead atoms. The number of hydrogen-bond donors (Lipinski definition) is 1. The molecule has 5 nitrogen and oxygen atoms in total. The first-order chi connectivity index (χ1) is 15.7. The number of ether oxygens (including phenoxy) is 1. The molecule has 1 N–H and O–H groups in total. The van der Waals surface area contributed by atoms with Crippen molar-refractivity contribution in [3.8, 4) is 0 Å². The minimum atomic E-state index is -0.573. The van der Waals surface area contributed by atoms with E-state index in [4.69, 9.17) is 4.74 Å². The standard InChI is InChI=1S/C27H30N2O3/c30-21-26(28-27(31)32-22-25-15-8-3-9-16-25)17-10-18-29(19-23-11-4-1-5-12-23)20-24-13-6-2-7-14-24/h1-9,11-16,21,26H,10,17-20,22H2,(H,28,31)/t26-/m0/s1. The number of carbonyl (C=O) groups excluding carboxylic acids is 2. The molecule has 32 heavy (non-hydrogen) atoms. The van der Waals surface area contributed by atoms with E-state index >= 15 is 0 Å². The maximum absolute atomic E-state index is 12.1. The fourth-order valence-electron chi connectivity index (χ4n) is 3.52. The number of nitrogens with zero attached hydrogens (tertiary/aromatic N) is 1. The van der Waals surface area contributed by atoms with Crippen molar-refractivity contribution in [2.24, 2.45) is 0 Å². The van der Waals surface area contributed by atoms with Gasteiger partial charge >= 0.3 is 6.09 Å². The molecular formula is C27H30N2O3. The molecule has 0 aliphatic heterocycles. The molecule has 0 aliphatic carbocycles. The SMILES string of the molecule is O=C[C@H](CCCN(Cc1ccccc1)Cc1ccccc1)NC(=O)OCc1ccccc1. The largest absolute Gasteiger partial charge is 0.445 e. The molecule has 0 aromatic heterocycles. The van der Waals surface area contributed by atoms with Gasteiger partial charge in [-0.15, -0.1) is 0 Å². The van der Waals surface area contributed by atoms with Crippen molar-refractivity contribution in [1.29, 1.82) is 0 Å². The van der Waals surface area contributed by atoms with Crippen LogP contribution in [0.2, 0.25) is 0 Å². The zero-order valence-corrected chi connectivity index (χ0v) is 18.2. The van der Waals surface area contributed by atoms with E-state index in [9.17, 15) is 9.59 Å². The van der Waals surface area contributed by atoms with Gasteiger partial charge in [0.25, 0.3) is 0 Å². The Morgan fingerprint density at radius 1 is 0.812 bits per heavy atom. The number of aldehydes is 1. The van der Waals surface area contributed by atoms with Gasteiger partial charge in [-0.05, 0) is 36.1 Å². The summed E-state index contributed by atoms with van der Waals surface area (Å²) in [5.41, 5.74) is 3.40. The third-order valence-electron chi connectivity index (χ3n) is 5.17. The average Bonchev–Trinajstić information content (AvgIpc) is 2.84. The molecule has 0 saturated heterocycles. The maximum atomic E-state index is 12.1. The Morgan fingerprint density at radius 3 is 1.81 bits per heavy atom. The lowest BCUT2D eigenvalue weighted by Crippen LogP contribution is -2.37. The Labute approximate surface area is 190 Å². The lowest BCUT2D eigenvalue weighted by atomic mass is 10.1. The molecule has 3 aromatic rings. The highest BCUT2D eigenvalue weighted by atomic mass is 16.5. The van der Waals surface area contributed by atoms with Crippen LogP contribution in [-0.4, -0.2) is 29.9 Å². The van der Waals surface area contributed by atoms with Crippen LogP contribution >= 0.6 is 0 Å². The molecule has 0 aliphatic rings. The summed E-state index contributed by atoms with van der Waals surface area (Å²) < 4.78 is 5.23. The fourth-order valence-corrected chi connectivity index (χ4v) is 3.52. The number of nitrogens with one attached hydrogen (secondary N) is 1. The van der Waals surface area contributed by atoms with Gasteiger partial charge in [-0.3, -0.25) is 4.90 Å². The van der Waals surface area contributed by atoms with E-state index in [1.807, 2.05) is 66.7 Å². The molecule has 1 atom stereocenters. The van der Waals surface area contributed by atoms with Crippen molar-refractivity contribution in [1.82, 2.24) is 10.2 Å². The number of benzene rings is 3. The maximum Gasteiger partial charge on any atom is 0.408 e. The van der Waals surface area contributed by atoms with E-state index in [-0.39, 0.29) is 6.61 Å². The average molecular weight is 431 g/mol. The first-order valence-electron chi connectivity index (χ1n) is 11.0. The minimum Gasteiger partial charge on any atom is -0.445 e. The molecule has 0 heterocycles. The van der Waals surface area contributed by atoms with Gasteiger partial charge in [-0.2, -0.15) is 0 Å². The van der Waals surface area contributed by atoms with Gasteiger partial charge in [0.2, 0.25) is 0 Å². The predicted octanol–water partition coefficient (Wildman–Crippen LogP) is 4.96. The van der Waals surface area contributed by atoms with E-state index in [0.29, 0.717) is 6.42 Å². The summed E-state index contributed by atoms with van der Waals surface area (Å²) in [6, 6.07) is 29.6. The summed E-state index contributed by atoms with van der Waals surface area (Å²) in [6.45, 7) is 2.65. The van der Waals surface area contributed by atoms with Gasteiger partial charge in [-0.1, -0.05) is 91.0 Å². The molecule has 0 fully saturated rings. The lowest BCUT2D eigenvalue weighted by Gasteiger charge is -2.23. The van der Waals surface area contributed by atoms with Gasteiger partial charge < -0.3 is 14.8 Å². The topological polar surface area (TPSA) is 58.6 Å². The normalized spacial score (nSPS) is 11.7. The second-order valence-electron chi connectivity index (χ2n) is 7.77. The van der Waals surface area contributed by atoms with Crippen molar-refractivity contribution >= 4 is 12.4 Å². The number of carbonyl (C=O) groups is 2. The number of amides is 1. The second kappa shape index (κ2) is 13.1.